The Bertz CT molecular complexity index is 1160. The third kappa shape index (κ3) is 2.49. The Labute approximate surface area is 158 Å². The number of fused-ring (bicyclic) bond motifs is 1. The van der Waals surface area contributed by atoms with E-state index in [-0.39, 0.29) is 0 Å². The monoisotopic (exact) mass is 346 g/mol. The maximum atomic E-state index is 4.94. The van der Waals surface area contributed by atoms with Gasteiger partial charge in [0.25, 0.3) is 0 Å². The lowest BCUT2D eigenvalue weighted by Crippen LogP contribution is -2.33. The van der Waals surface area contributed by atoms with Crippen LogP contribution in [0.3, 0.4) is 0 Å². The summed E-state index contributed by atoms with van der Waals surface area (Å²) in [4.78, 5) is 9.66. The van der Waals surface area contributed by atoms with Crippen LogP contribution in [0, 0.1) is 0 Å². The van der Waals surface area contributed by atoms with Crippen molar-refractivity contribution in [2.24, 2.45) is 9.98 Å². The van der Waals surface area contributed by atoms with Crippen LogP contribution in [-0.2, 0) is 5.54 Å². The van der Waals surface area contributed by atoms with Crippen molar-refractivity contribution < 1.29 is 0 Å². The summed E-state index contributed by atoms with van der Waals surface area (Å²) >= 11 is 0. The van der Waals surface area contributed by atoms with Crippen LogP contribution in [0.15, 0.2) is 113 Å². The highest BCUT2D eigenvalue weighted by atomic mass is 15.0. The fourth-order valence-corrected chi connectivity index (χ4v) is 3.89. The number of nitrogens with zero attached hydrogens (tertiary/aromatic N) is 2. The molecule has 4 aromatic carbocycles. The average molecular weight is 346 g/mol. The SMILES string of the molecule is C1=NC(c2ccccc2)(c2ccc3ccccc3c2)C(c2ccccc2)=N1. The van der Waals surface area contributed by atoms with Crippen molar-refractivity contribution in [1.82, 2.24) is 0 Å². The zero-order chi connectivity index (χ0) is 18.1. The van der Waals surface area contributed by atoms with Gasteiger partial charge in [-0.05, 0) is 33.5 Å². The van der Waals surface area contributed by atoms with Crippen molar-refractivity contribution in [1.29, 1.82) is 0 Å². The normalized spacial score (nSPS) is 18.6. The van der Waals surface area contributed by atoms with Gasteiger partial charge in [0.2, 0.25) is 0 Å². The summed E-state index contributed by atoms with van der Waals surface area (Å²) in [5.74, 6) is 0. The maximum Gasteiger partial charge on any atom is 0.155 e. The van der Waals surface area contributed by atoms with E-state index in [0.29, 0.717) is 0 Å². The van der Waals surface area contributed by atoms with Gasteiger partial charge in [-0.2, -0.15) is 0 Å². The first kappa shape index (κ1) is 15.7. The van der Waals surface area contributed by atoms with Crippen LogP contribution in [-0.4, -0.2) is 12.1 Å². The Morgan fingerprint density at radius 2 is 1.22 bits per heavy atom. The molecule has 0 bridgehead atoms. The molecule has 1 atom stereocenters. The van der Waals surface area contributed by atoms with Gasteiger partial charge in [0, 0.05) is 0 Å². The lowest BCUT2D eigenvalue weighted by Gasteiger charge is -2.30. The van der Waals surface area contributed by atoms with Gasteiger partial charge in [-0.3, -0.25) is 4.99 Å². The molecule has 0 spiro atoms. The minimum atomic E-state index is -0.632. The molecule has 0 saturated heterocycles. The molecule has 0 N–H and O–H groups in total. The Hall–Kier alpha value is -3.52. The molecule has 1 aliphatic rings. The summed E-state index contributed by atoms with van der Waals surface area (Å²) in [6, 6.07) is 35.8. The molecule has 0 aromatic heterocycles. The van der Waals surface area contributed by atoms with Gasteiger partial charge in [-0.15, -0.1) is 0 Å². The summed E-state index contributed by atoms with van der Waals surface area (Å²) in [5, 5.41) is 2.43. The fraction of sp³-hybridized carbons (Fsp3) is 0.0400. The van der Waals surface area contributed by atoms with Gasteiger partial charge in [0.15, 0.2) is 5.54 Å². The van der Waals surface area contributed by atoms with E-state index in [4.69, 9.17) is 9.98 Å². The molecule has 4 aromatic rings. The van der Waals surface area contributed by atoms with E-state index in [9.17, 15) is 0 Å². The zero-order valence-corrected chi connectivity index (χ0v) is 14.8. The van der Waals surface area contributed by atoms with Gasteiger partial charge in [0.1, 0.15) is 6.34 Å². The summed E-state index contributed by atoms with van der Waals surface area (Å²) in [6.45, 7) is 0. The lowest BCUT2D eigenvalue weighted by molar-refractivity contribution is 0.751. The van der Waals surface area contributed by atoms with E-state index in [2.05, 4.69) is 78.9 Å². The third-order valence-electron chi connectivity index (χ3n) is 5.19. The first-order valence-electron chi connectivity index (χ1n) is 9.10. The van der Waals surface area contributed by atoms with E-state index in [0.717, 1.165) is 22.4 Å². The topological polar surface area (TPSA) is 24.7 Å². The average Bonchev–Trinajstić information content (AvgIpc) is 3.21. The van der Waals surface area contributed by atoms with E-state index in [1.165, 1.54) is 10.8 Å². The third-order valence-corrected chi connectivity index (χ3v) is 5.19. The van der Waals surface area contributed by atoms with Crippen molar-refractivity contribution in [2.45, 2.75) is 5.54 Å². The first-order valence-corrected chi connectivity index (χ1v) is 9.10. The molecule has 1 unspecified atom stereocenters. The van der Waals surface area contributed by atoms with Crippen LogP contribution < -0.4 is 0 Å². The lowest BCUT2D eigenvalue weighted by atomic mass is 9.77. The summed E-state index contributed by atoms with van der Waals surface area (Å²) in [7, 11) is 0. The molecule has 1 heterocycles. The van der Waals surface area contributed by atoms with Gasteiger partial charge in [-0.25, -0.2) is 4.99 Å². The summed E-state index contributed by atoms with van der Waals surface area (Å²) in [5.41, 5.74) is 3.67. The second-order valence-electron chi connectivity index (χ2n) is 6.73. The predicted molar refractivity (Wildman–Crippen MR) is 113 cm³/mol. The Morgan fingerprint density at radius 1 is 0.556 bits per heavy atom. The van der Waals surface area contributed by atoms with Crippen LogP contribution in [0.4, 0.5) is 0 Å². The molecule has 0 amide bonds. The van der Waals surface area contributed by atoms with Crippen LogP contribution in [0.25, 0.3) is 10.8 Å². The van der Waals surface area contributed by atoms with E-state index < -0.39 is 5.54 Å². The second-order valence-corrected chi connectivity index (χ2v) is 6.73. The van der Waals surface area contributed by atoms with Crippen molar-refractivity contribution in [3.63, 3.8) is 0 Å². The largest absolute Gasteiger partial charge is 0.251 e. The van der Waals surface area contributed by atoms with Crippen molar-refractivity contribution in [3.05, 3.63) is 120 Å². The molecule has 2 heteroatoms. The number of hydrogen-bond acceptors (Lipinski definition) is 2. The van der Waals surface area contributed by atoms with Crippen molar-refractivity contribution in [2.75, 3.05) is 0 Å². The number of benzene rings is 4. The molecule has 5 rings (SSSR count). The van der Waals surface area contributed by atoms with E-state index in [1.54, 1.807) is 6.34 Å². The Kier molecular flexibility index (Phi) is 3.68. The Morgan fingerprint density at radius 3 is 2.00 bits per heavy atom. The fourth-order valence-electron chi connectivity index (χ4n) is 3.89. The maximum absolute atomic E-state index is 4.94. The van der Waals surface area contributed by atoms with Crippen molar-refractivity contribution >= 4 is 22.8 Å². The van der Waals surface area contributed by atoms with Crippen molar-refractivity contribution in [3.8, 4) is 0 Å². The molecular weight excluding hydrogens is 328 g/mol. The second kappa shape index (κ2) is 6.33. The zero-order valence-electron chi connectivity index (χ0n) is 14.8. The molecule has 0 fully saturated rings. The van der Waals surface area contributed by atoms with Crippen LogP contribution in [0.2, 0.25) is 0 Å². The first-order chi connectivity index (χ1) is 13.4. The standard InChI is InChI=1S/C25H18N2/c1-3-10-20(11-4-1)24-25(27-18-26-24,22-13-5-2-6-14-22)23-16-15-19-9-7-8-12-21(19)17-23/h1-18H. The molecule has 0 radical (unpaired) electrons. The van der Waals surface area contributed by atoms with Gasteiger partial charge < -0.3 is 0 Å². The molecule has 27 heavy (non-hydrogen) atoms. The Balaban J connectivity index is 1.79. The highest BCUT2D eigenvalue weighted by Crippen LogP contribution is 2.40. The number of aliphatic imine (C=N–C) groups is 2. The molecule has 2 nitrogen and oxygen atoms in total. The molecule has 0 aliphatic carbocycles. The number of rotatable bonds is 3. The van der Waals surface area contributed by atoms with Gasteiger partial charge in [0.05, 0.1) is 5.71 Å². The van der Waals surface area contributed by atoms with Crippen LogP contribution in [0.5, 0.6) is 0 Å². The summed E-state index contributed by atoms with van der Waals surface area (Å²) in [6.07, 6.45) is 1.70. The molecular formula is C25H18N2. The van der Waals surface area contributed by atoms with Gasteiger partial charge in [-0.1, -0.05) is 97.1 Å². The number of hydrogen-bond donors (Lipinski definition) is 0. The smallest absolute Gasteiger partial charge is 0.155 e. The quantitative estimate of drug-likeness (QED) is 0.460. The highest BCUT2D eigenvalue weighted by Gasteiger charge is 2.42. The van der Waals surface area contributed by atoms with Crippen LogP contribution in [0.1, 0.15) is 16.7 Å². The van der Waals surface area contributed by atoms with Gasteiger partial charge >= 0.3 is 0 Å². The molecule has 128 valence electrons. The van der Waals surface area contributed by atoms with E-state index >= 15 is 0 Å². The summed E-state index contributed by atoms with van der Waals surface area (Å²) < 4.78 is 0. The predicted octanol–water partition coefficient (Wildman–Crippen LogP) is 5.61. The minimum absolute atomic E-state index is 0.632. The highest BCUT2D eigenvalue weighted by molar-refractivity contribution is 6.15. The molecule has 0 saturated carbocycles. The van der Waals surface area contributed by atoms with E-state index in [1.807, 2.05) is 24.3 Å². The van der Waals surface area contributed by atoms with Crippen LogP contribution >= 0.6 is 0 Å². The molecule has 1 aliphatic heterocycles. The minimum Gasteiger partial charge on any atom is -0.251 e.